The number of urea groups is 1. The van der Waals surface area contributed by atoms with Crippen molar-refractivity contribution in [1.29, 1.82) is 0 Å². The number of nitrogens with zero attached hydrogens (tertiary/aromatic N) is 3. The molecule has 2 heterocycles. The van der Waals surface area contributed by atoms with Gasteiger partial charge in [-0.05, 0) is 55.9 Å². The summed E-state index contributed by atoms with van der Waals surface area (Å²) >= 11 is 0. The highest BCUT2D eigenvalue weighted by Gasteiger charge is 2.24. The summed E-state index contributed by atoms with van der Waals surface area (Å²) in [7, 11) is -2.58. The molecular formula is C22H25N5O4S. The SMILES string of the molecule is COc1cc(-c2ccc3c(c2NC(=O)NS(=O)(=O)c2cn(C(C)C)cn2)CCC3)ccn1. The molecule has 1 aliphatic rings. The zero-order chi connectivity index (χ0) is 22.9. The van der Waals surface area contributed by atoms with E-state index >= 15 is 0 Å². The Morgan fingerprint density at radius 2 is 2.00 bits per heavy atom. The smallest absolute Gasteiger partial charge is 0.333 e. The molecule has 9 nitrogen and oxygen atoms in total. The molecule has 0 saturated carbocycles. The van der Waals surface area contributed by atoms with Gasteiger partial charge in [0.15, 0.2) is 5.03 Å². The number of carbonyl (C=O) groups is 1. The quantitative estimate of drug-likeness (QED) is 0.588. The Morgan fingerprint density at radius 1 is 1.19 bits per heavy atom. The van der Waals surface area contributed by atoms with E-state index in [1.807, 2.05) is 32.0 Å². The van der Waals surface area contributed by atoms with E-state index in [4.69, 9.17) is 4.74 Å². The van der Waals surface area contributed by atoms with Gasteiger partial charge in [0, 0.05) is 30.1 Å². The lowest BCUT2D eigenvalue weighted by molar-refractivity contribution is 0.256. The Hall–Kier alpha value is -3.40. The van der Waals surface area contributed by atoms with Crippen LogP contribution in [0.15, 0.2) is 48.0 Å². The topological polar surface area (TPSA) is 115 Å². The summed E-state index contributed by atoms with van der Waals surface area (Å²) in [6.45, 7) is 3.81. The number of hydrogen-bond donors (Lipinski definition) is 2. The van der Waals surface area contributed by atoms with Gasteiger partial charge in [-0.1, -0.05) is 12.1 Å². The highest BCUT2D eigenvalue weighted by atomic mass is 32.2. The second kappa shape index (κ2) is 8.62. The van der Waals surface area contributed by atoms with E-state index in [1.54, 1.807) is 16.8 Å². The van der Waals surface area contributed by atoms with Crippen LogP contribution in [0, 0.1) is 0 Å². The lowest BCUT2D eigenvalue weighted by atomic mass is 9.98. The number of anilines is 1. The van der Waals surface area contributed by atoms with Gasteiger partial charge in [0.2, 0.25) is 5.88 Å². The fraction of sp³-hybridized carbons (Fsp3) is 0.318. The third-order valence-corrected chi connectivity index (χ3v) is 6.67. The van der Waals surface area contributed by atoms with E-state index < -0.39 is 16.1 Å². The molecule has 0 spiro atoms. The predicted molar refractivity (Wildman–Crippen MR) is 120 cm³/mol. The first-order valence-corrected chi connectivity index (χ1v) is 11.8. The van der Waals surface area contributed by atoms with E-state index in [1.165, 1.54) is 19.6 Å². The minimum Gasteiger partial charge on any atom is -0.481 e. The average molecular weight is 456 g/mol. The monoisotopic (exact) mass is 455 g/mol. The van der Waals surface area contributed by atoms with Crippen molar-refractivity contribution in [3.05, 3.63) is 54.1 Å². The van der Waals surface area contributed by atoms with Crippen LogP contribution >= 0.6 is 0 Å². The molecule has 2 aromatic heterocycles. The molecule has 4 rings (SSSR count). The molecule has 3 aromatic rings. The fourth-order valence-electron chi connectivity index (χ4n) is 3.79. The maximum Gasteiger partial charge on any atom is 0.333 e. The predicted octanol–water partition coefficient (Wildman–Crippen LogP) is 3.53. The van der Waals surface area contributed by atoms with Crippen LogP contribution < -0.4 is 14.8 Å². The number of methoxy groups -OCH3 is 1. The van der Waals surface area contributed by atoms with Gasteiger partial charge >= 0.3 is 6.03 Å². The minimum atomic E-state index is -4.12. The molecule has 0 radical (unpaired) electrons. The molecule has 0 unspecified atom stereocenters. The molecule has 0 saturated heterocycles. The van der Waals surface area contributed by atoms with E-state index in [0.29, 0.717) is 11.6 Å². The Kier molecular flexibility index (Phi) is 5.88. The summed E-state index contributed by atoms with van der Waals surface area (Å²) in [6.07, 6.45) is 7.13. The van der Waals surface area contributed by atoms with Crippen LogP contribution in [0.5, 0.6) is 5.88 Å². The molecule has 0 fully saturated rings. The number of aromatic nitrogens is 3. The van der Waals surface area contributed by atoms with Gasteiger partial charge in [0.25, 0.3) is 10.0 Å². The summed E-state index contributed by atoms with van der Waals surface area (Å²) in [6, 6.07) is 6.77. The van der Waals surface area contributed by atoms with Crippen LogP contribution in [0.4, 0.5) is 10.5 Å². The Bertz CT molecular complexity index is 1270. The summed E-state index contributed by atoms with van der Waals surface area (Å²) in [4.78, 5) is 20.8. The third kappa shape index (κ3) is 4.31. The van der Waals surface area contributed by atoms with E-state index in [9.17, 15) is 13.2 Å². The van der Waals surface area contributed by atoms with Crippen LogP contribution in [0.25, 0.3) is 11.1 Å². The maximum absolute atomic E-state index is 12.8. The van der Waals surface area contributed by atoms with Crippen LogP contribution in [0.3, 0.4) is 0 Å². The number of aryl methyl sites for hydroxylation is 1. The maximum atomic E-state index is 12.8. The van der Waals surface area contributed by atoms with Gasteiger partial charge in [-0.25, -0.2) is 19.5 Å². The average Bonchev–Trinajstić information content (AvgIpc) is 3.44. The lowest BCUT2D eigenvalue weighted by Gasteiger charge is -2.17. The van der Waals surface area contributed by atoms with E-state index in [0.717, 1.165) is 41.5 Å². The number of nitrogens with one attached hydrogen (secondary N) is 2. The third-order valence-electron chi connectivity index (χ3n) is 5.45. The molecule has 1 aromatic carbocycles. The highest BCUT2D eigenvalue weighted by Crippen LogP contribution is 2.38. The number of amides is 2. The van der Waals surface area contributed by atoms with Gasteiger partial charge in [0.1, 0.15) is 0 Å². The molecular weight excluding hydrogens is 430 g/mol. The first kappa shape index (κ1) is 21.8. The van der Waals surface area contributed by atoms with Crippen LogP contribution in [0.2, 0.25) is 0 Å². The van der Waals surface area contributed by atoms with Crippen molar-refractivity contribution in [3.63, 3.8) is 0 Å². The van der Waals surface area contributed by atoms with Gasteiger partial charge < -0.3 is 14.6 Å². The molecule has 0 aliphatic heterocycles. The lowest BCUT2D eigenvalue weighted by Crippen LogP contribution is -2.35. The number of benzene rings is 1. The van der Waals surface area contributed by atoms with Crippen molar-refractivity contribution in [1.82, 2.24) is 19.3 Å². The van der Waals surface area contributed by atoms with Crippen molar-refractivity contribution in [2.45, 2.75) is 44.2 Å². The Balaban J connectivity index is 1.64. The van der Waals surface area contributed by atoms with Crippen molar-refractivity contribution in [3.8, 4) is 17.0 Å². The number of pyridine rings is 1. The summed E-state index contributed by atoms with van der Waals surface area (Å²) < 4.78 is 34.3. The van der Waals surface area contributed by atoms with Crippen molar-refractivity contribution in [2.75, 3.05) is 12.4 Å². The minimum absolute atomic E-state index is 0.0482. The van der Waals surface area contributed by atoms with Crippen molar-refractivity contribution in [2.24, 2.45) is 0 Å². The molecule has 0 atom stereocenters. The van der Waals surface area contributed by atoms with Crippen LogP contribution in [-0.4, -0.2) is 36.1 Å². The first-order chi connectivity index (χ1) is 15.3. The van der Waals surface area contributed by atoms with Gasteiger partial charge in [0.05, 0.1) is 19.1 Å². The number of ether oxygens (including phenoxy) is 1. The van der Waals surface area contributed by atoms with Crippen LogP contribution in [-0.2, 0) is 22.9 Å². The molecule has 32 heavy (non-hydrogen) atoms. The molecule has 1 aliphatic carbocycles. The van der Waals surface area contributed by atoms with E-state index in [-0.39, 0.29) is 11.1 Å². The molecule has 168 valence electrons. The Morgan fingerprint density at radius 3 is 2.72 bits per heavy atom. The molecule has 0 bridgehead atoms. The normalized spacial score (nSPS) is 13.1. The van der Waals surface area contributed by atoms with Gasteiger partial charge in [-0.3, -0.25) is 0 Å². The number of fused-ring (bicyclic) bond motifs is 1. The fourth-order valence-corrected chi connectivity index (χ4v) is 4.64. The number of hydrogen-bond acceptors (Lipinski definition) is 6. The van der Waals surface area contributed by atoms with Crippen LogP contribution in [0.1, 0.15) is 37.4 Å². The number of imidazole rings is 1. The summed E-state index contributed by atoms with van der Waals surface area (Å²) in [5.41, 5.74) is 4.32. The number of rotatable bonds is 6. The first-order valence-electron chi connectivity index (χ1n) is 10.3. The molecule has 2 N–H and O–H groups in total. The van der Waals surface area contributed by atoms with Crippen molar-refractivity contribution >= 4 is 21.7 Å². The number of sulfonamides is 1. The van der Waals surface area contributed by atoms with Crippen molar-refractivity contribution < 1.29 is 17.9 Å². The molecule has 2 amide bonds. The summed E-state index contributed by atoms with van der Waals surface area (Å²) in [5.74, 6) is 0.446. The standard InChI is InChI=1S/C22H25N5O4S/c1-14(2)27-12-20(24-13-27)32(29,30)26-22(28)25-21-17-6-4-5-15(17)7-8-18(21)16-9-10-23-19(11-16)31-3/h7-14H,4-6H2,1-3H3,(H2,25,26,28). The molecule has 10 heteroatoms. The largest absolute Gasteiger partial charge is 0.481 e. The van der Waals surface area contributed by atoms with E-state index in [2.05, 4.69) is 20.0 Å². The highest BCUT2D eigenvalue weighted by molar-refractivity contribution is 7.90. The van der Waals surface area contributed by atoms with Gasteiger partial charge in [-0.2, -0.15) is 8.42 Å². The zero-order valence-corrected chi connectivity index (χ0v) is 18.9. The van der Waals surface area contributed by atoms with Gasteiger partial charge in [-0.15, -0.1) is 0 Å². The number of carbonyl (C=O) groups excluding carboxylic acids is 1. The zero-order valence-electron chi connectivity index (χ0n) is 18.1. The Labute approximate surface area is 186 Å². The summed E-state index contributed by atoms with van der Waals surface area (Å²) in [5, 5.41) is 2.57. The second-order valence-electron chi connectivity index (χ2n) is 7.88. The second-order valence-corrected chi connectivity index (χ2v) is 9.51.